The molecule has 2 rings (SSSR count). The van der Waals surface area contributed by atoms with E-state index in [0.29, 0.717) is 0 Å². The Labute approximate surface area is 111 Å². The van der Waals surface area contributed by atoms with Crippen LogP contribution < -0.4 is 0 Å². The summed E-state index contributed by atoms with van der Waals surface area (Å²) in [6.45, 7) is 10.8. The van der Waals surface area contributed by atoms with Crippen molar-refractivity contribution in [2.75, 3.05) is 0 Å². The van der Waals surface area contributed by atoms with Crippen LogP contribution in [0.2, 0.25) is 0 Å². The summed E-state index contributed by atoms with van der Waals surface area (Å²) in [5.74, 6) is 0. The molecule has 0 spiro atoms. The Balaban J connectivity index is 2.23. The van der Waals surface area contributed by atoms with Crippen LogP contribution in [-0.2, 0) is 0 Å². The van der Waals surface area contributed by atoms with E-state index in [1.165, 1.54) is 28.7 Å². The number of hydrogen-bond acceptors (Lipinski definition) is 0. The standard InChI is InChI=1S/C18H22/c1-14(18(2,3)4)15-10-12-17(13-11-15)16-8-6-5-7-9-16/h6,8-13H,1,5,7H2,2-4H3. The molecule has 0 aromatic heterocycles. The van der Waals surface area contributed by atoms with Crippen LogP contribution in [-0.4, -0.2) is 0 Å². The van der Waals surface area contributed by atoms with Crippen LogP contribution in [0.4, 0.5) is 0 Å². The van der Waals surface area contributed by atoms with Crippen LogP contribution in [0, 0.1) is 5.41 Å². The van der Waals surface area contributed by atoms with Crippen molar-refractivity contribution < 1.29 is 0 Å². The van der Waals surface area contributed by atoms with Gasteiger partial charge < -0.3 is 0 Å². The molecular weight excluding hydrogens is 216 g/mol. The van der Waals surface area contributed by atoms with Gasteiger partial charge in [-0.3, -0.25) is 0 Å². The molecule has 0 saturated carbocycles. The predicted molar refractivity (Wildman–Crippen MR) is 81.3 cm³/mol. The molecule has 0 aliphatic heterocycles. The maximum absolute atomic E-state index is 4.21. The van der Waals surface area contributed by atoms with Gasteiger partial charge in [0.05, 0.1) is 0 Å². The molecule has 0 nitrogen and oxygen atoms in total. The summed E-state index contributed by atoms with van der Waals surface area (Å²) in [5, 5.41) is 0. The van der Waals surface area contributed by atoms with Crippen molar-refractivity contribution in [3.63, 3.8) is 0 Å². The van der Waals surface area contributed by atoms with E-state index in [4.69, 9.17) is 0 Å². The molecule has 0 unspecified atom stereocenters. The molecule has 1 aliphatic carbocycles. The van der Waals surface area contributed by atoms with Gasteiger partial charge in [-0.1, -0.05) is 69.8 Å². The lowest BCUT2D eigenvalue weighted by Gasteiger charge is -2.22. The van der Waals surface area contributed by atoms with Gasteiger partial charge in [0, 0.05) is 0 Å². The number of rotatable bonds is 2. The Morgan fingerprint density at radius 2 is 1.72 bits per heavy atom. The summed E-state index contributed by atoms with van der Waals surface area (Å²) < 4.78 is 0. The van der Waals surface area contributed by atoms with Crippen LogP contribution >= 0.6 is 0 Å². The largest absolute Gasteiger partial charge is 0.0947 e. The van der Waals surface area contributed by atoms with Crippen LogP contribution in [0.3, 0.4) is 0 Å². The van der Waals surface area contributed by atoms with Gasteiger partial charge in [0.1, 0.15) is 0 Å². The fraction of sp³-hybridized carbons (Fsp3) is 0.333. The lowest BCUT2D eigenvalue weighted by atomic mass is 9.83. The van der Waals surface area contributed by atoms with Gasteiger partial charge >= 0.3 is 0 Å². The second-order valence-electron chi connectivity index (χ2n) is 5.95. The minimum atomic E-state index is 0.130. The third-order valence-corrected chi connectivity index (χ3v) is 3.47. The van der Waals surface area contributed by atoms with Crippen molar-refractivity contribution in [1.29, 1.82) is 0 Å². The molecule has 0 heterocycles. The minimum Gasteiger partial charge on any atom is -0.0947 e. The maximum atomic E-state index is 4.21. The highest BCUT2D eigenvalue weighted by molar-refractivity contribution is 5.76. The first kappa shape index (κ1) is 12.9. The fourth-order valence-corrected chi connectivity index (χ4v) is 2.12. The molecule has 0 amide bonds. The lowest BCUT2D eigenvalue weighted by molar-refractivity contribution is 0.568. The number of benzene rings is 1. The van der Waals surface area contributed by atoms with E-state index < -0.39 is 0 Å². The Morgan fingerprint density at radius 3 is 2.22 bits per heavy atom. The molecule has 0 heteroatoms. The van der Waals surface area contributed by atoms with Gasteiger partial charge in [-0.15, -0.1) is 0 Å². The Hall–Kier alpha value is -1.56. The summed E-state index contributed by atoms with van der Waals surface area (Å²) >= 11 is 0. The number of allylic oxidation sites excluding steroid dienone is 5. The maximum Gasteiger partial charge on any atom is -0.0132 e. The first-order valence-electron chi connectivity index (χ1n) is 6.65. The van der Waals surface area contributed by atoms with Crippen molar-refractivity contribution in [3.8, 4) is 0 Å². The molecule has 18 heavy (non-hydrogen) atoms. The zero-order valence-corrected chi connectivity index (χ0v) is 11.7. The molecule has 0 bridgehead atoms. The van der Waals surface area contributed by atoms with Crippen molar-refractivity contribution in [2.45, 2.75) is 33.6 Å². The predicted octanol–water partition coefficient (Wildman–Crippen LogP) is 5.48. The molecule has 0 radical (unpaired) electrons. The normalized spacial score (nSPS) is 15.4. The lowest BCUT2D eigenvalue weighted by Crippen LogP contribution is -2.07. The van der Waals surface area contributed by atoms with Crippen molar-refractivity contribution >= 4 is 11.1 Å². The third kappa shape index (κ3) is 2.81. The zero-order valence-electron chi connectivity index (χ0n) is 11.7. The SMILES string of the molecule is C=C(c1ccc(C2=CCCC=C2)cc1)C(C)(C)C. The summed E-state index contributed by atoms with van der Waals surface area (Å²) in [7, 11) is 0. The highest BCUT2D eigenvalue weighted by Crippen LogP contribution is 2.33. The van der Waals surface area contributed by atoms with Crippen LogP contribution in [0.15, 0.2) is 49.1 Å². The van der Waals surface area contributed by atoms with E-state index >= 15 is 0 Å². The van der Waals surface area contributed by atoms with E-state index in [2.05, 4.69) is 69.8 Å². The van der Waals surface area contributed by atoms with Crippen LogP contribution in [0.5, 0.6) is 0 Å². The van der Waals surface area contributed by atoms with Gasteiger partial charge in [-0.2, -0.15) is 0 Å². The Bertz CT molecular complexity index is 490. The summed E-state index contributed by atoms with van der Waals surface area (Å²) in [4.78, 5) is 0. The fourth-order valence-electron chi connectivity index (χ4n) is 2.12. The Morgan fingerprint density at radius 1 is 1.06 bits per heavy atom. The van der Waals surface area contributed by atoms with Gasteiger partial charge in [0.25, 0.3) is 0 Å². The van der Waals surface area contributed by atoms with E-state index in [1.807, 2.05) is 0 Å². The van der Waals surface area contributed by atoms with Gasteiger partial charge in [-0.05, 0) is 40.5 Å². The van der Waals surface area contributed by atoms with E-state index in [-0.39, 0.29) is 5.41 Å². The molecule has 0 saturated heterocycles. The molecule has 0 atom stereocenters. The molecular formula is C18H22. The third-order valence-electron chi connectivity index (χ3n) is 3.47. The van der Waals surface area contributed by atoms with Crippen molar-refractivity contribution in [2.24, 2.45) is 5.41 Å². The van der Waals surface area contributed by atoms with Crippen LogP contribution in [0.25, 0.3) is 11.1 Å². The molecule has 0 N–H and O–H groups in total. The molecule has 1 aliphatic rings. The van der Waals surface area contributed by atoms with Gasteiger partial charge in [0.15, 0.2) is 0 Å². The van der Waals surface area contributed by atoms with E-state index in [9.17, 15) is 0 Å². The first-order valence-corrected chi connectivity index (χ1v) is 6.65. The highest BCUT2D eigenvalue weighted by Gasteiger charge is 2.16. The van der Waals surface area contributed by atoms with Gasteiger partial charge in [-0.25, -0.2) is 0 Å². The summed E-state index contributed by atoms with van der Waals surface area (Å²) in [5.41, 5.74) is 5.21. The quantitative estimate of drug-likeness (QED) is 0.640. The second kappa shape index (κ2) is 4.97. The van der Waals surface area contributed by atoms with Crippen molar-refractivity contribution in [3.05, 3.63) is 60.2 Å². The summed E-state index contributed by atoms with van der Waals surface area (Å²) in [6, 6.07) is 8.78. The zero-order chi connectivity index (χ0) is 13.2. The average Bonchev–Trinajstić information content (AvgIpc) is 2.38. The topological polar surface area (TPSA) is 0 Å². The molecule has 1 aromatic carbocycles. The second-order valence-corrected chi connectivity index (χ2v) is 5.95. The van der Waals surface area contributed by atoms with Crippen molar-refractivity contribution in [1.82, 2.24) is 0 Å². The van der Waals surface area contributed by atoms with E-state index in [0.717, 1.165) is 6.42 Å². The summed E-state index contributed by atoms with van der Waals surface area (Å²) in [6.07, 6.45) is 9.10. The van der Waals surface area contributed by atoms with Crippen LogP contribution in [0.1, 0.15) is 44.7 Å². The molecule has 94 valence electrons. The van der Waals surface area contributed by atoms with Gasteiger partial charge in [0.2, 0.25) is 0 Å². The molecule has 1 aromatic rings. The molecule has 0 fully saturated rings. The monoisotopic (exact) mass is 238 g/mol. The smallest absolute Gasteiger partial charge is 0.0132 e. The average molecular weight is 238 g/mol. The van der Waals surface area contributed by atoms with E-state index in [1.54, 1.807) is 0 Å². The highest BCUT2D eigenvalue weighted by atomic mass is 14.2. The number of hydrogen-bond donors (Lipinski definition) is 0. The first-order chi connectivity index (χ1) is 8.48. The Kier molecular flexibility index (Phi) is 3.56. The minimum absolute atomic E-state index is 0.130.